The van der Waals surface area contributed by atoms with Gasteiger partial charge >= 0.3 is 6.16 Å². The van der Waals surface area contributed by atoms with E-state index < -0.39 is 23.1 Å². The van der Waals surface area contributed by atoms with Crippen molar-refractivity contribution in [2.24, 2.45) is 5.41 Å². The average Bonchev–Trinajstić information content (AvgIpc) is 2.09. The van der Waals surface area contributed by atoms with Gasteiger partial charge < -0.3 is 9.84 Å². The van der Waals surface area contributed by atoms with Crippen molar-refractivity contribution in [3.63, 3.8) is 0 Å². The normalized spacial score (nSPS) is 25.3. The highest BCUT2D eigenvalue weighted by Crippen LogP contribution is 2.45. The smallest absolute Gasteiger partial charge is 0.450 e. The van der Waals surface area contributed by atoms with E-state index in [1.807, 2.05) is 0 Å². The number of carbonyl (C=O) groups is 1. The number of nitrogens with zero attached hydrogens (tertiary/aromatic N) is 1. The van der Waals surface area contributed by atoms with Crippen LogP contribution in [0.15, 0.2) is 24.2 Å². The van der Waals surface area contributed by atoms with Gasteiger partial charge in [-0.05, 0) is 12.2 Å². The van der Waals surface area contributed by atoms with Crippen molar-refractivity contribution < 1.29 is 23.5 Å². The first-order chi connectivity index (χ1) is 7.22. The van der Waals surface area contributed by atoms with Crippen LogP contribution in [-0.4, -0.2) is 22.1 Å². The minimum atomic E-state index is -2.27. The molecule has 1 heterocycles. The maximum absolute atomic E-state index is 13.7. The monoisotopic (exact) mass is 233 g/mol. The molecule has 4 nitrogen and oxygen atoms in total. The van der Waals surface area contributed by atoms with Gasteiger partial charge in [0.15, 0.2) is 5.83 Å². The number of rotatable bonds is 1. The van der Waals surface area contributed by atoms with E-state index in [9.17, 15) is 13.7 Å². The van der Waals surface area contributed by atoms with Gasteiger partial charge in [-0.3, -0.25) is 0 Å². The second-order valence-corrected chi connectivity index (χ2v) is 4.43. The Hall–Kier alpha value is -1.59. The molecule has 0 fully saturated rings. The van der Waals surface area contributed by atoms with Gasteiger partial charge in [-0.15, -0.1) is 0 Å². The fourth-order valence-electron chi connectivity index (χ4n) is 1.57. The van der Waals surface area contributed by atoms with Crippen LogP contribution in [0, 0.1) is 5.41 Å². The molecule has 0 saturated heterocycles. The van der Waals surface area contributed by atoms with Gasteiger partial charge in [0.05, 0.1) is 0 Å². The third-order valence-electron chi connectivity index (χ3n) is 2.34. The molecule has 0 aromatic heterocycles. The molecule has 0 saturated carbocycles. The van der Waals surface area contributed by atoms with Crippen LogP contribution in [0.25, 0.3) is 0 Å². The van der Waals surface area contributed by atoms with E-state index in [0.717, 1.165) is 18.4 Å². The standard InChI is InChI=1S/C10H13F2NO3/c1-9(2,3)10(16-8(14)15)7(11)5-4-6-13(10)12/h4-6H,1-3H3,(H,14,15). The summed E-state index contributed by atoms with van der Waals surface area (Å²) in [6, 6.07) is 0. The minimum absolute atomic E-state index is 0.0730. The fraction of sp³-hybridized carbons (Fsp3) is 0.500. The molecule has 1 aliphatic rings. The molecule has 90 valence electrons. The summed E-state index contributed by atoms with van der Waals surface area (Å²) in [6.45, 7) is 4.44. The number of carboxylic acid groups (broad SMARTS) is 1. The molecule has 0 aromatic rings. The van der Waals surface area contributed by atoms with Gasteiger partial charge in [-0.25, -0.2) is 9.18 Å². The second kappa shape index (κ2) is 3.77. The zero-order valence-electron chi connectivity index (χ0n) is 9.20. The first kappa shape index (κ1) is 12.5. The molecule has 0 aromatic carbocycles. The van der Waals surface area contributed by atoms with Gasteiger partial charge in [-0.1, -0.05) is 25.3 Å². The molecule has 0 radical (unpaired) electrons. The van der Waals surface area contributed by atoms with Crippen LogP contribution in [-0.2, 0) is 4.74 Å². The third-order valence-corrected chi connectivity index (χ3v) is 2.34. The Morgan fingerprint density at radius 3 is 2.50 bits per heavy atom. The Balaban J connectivity index is 3.28. The van der Waals surface area contributed by atoms with Crippen molar-refractivity contribution in [1.82, 2.24) is 5.12 Å². The van der Waals surface area contributed by atoms with Gasteiger partial charge in [-0.2, -0.15) is 5.12 Å². The lowest BCUT2D eigenvalue weighted by Gasteiger charge is -2.44. The van der Waals surface area contributed by atoms with Crippen LogP contribution >= 0.6 is 0 Å². The van der Waals surface area contributed by atoms with E-state index in [1.165, 1.54) is 20.8 Å². The van der Waals surface area contributed by atoms with Crippen LogP contribution in [0.2, 0.25) is 0 Å². The first-order valence-electron chi connectivity index (χ1n) is 4.63. The molecule has 0 aliphatic carbocycles. The Morgan fingerprint density at radius 2 is 2.12 bits per heavy atom. The highest BCUT2D eigenvalue weighted by Gasteiger charge is 2.56. The second-order valence-electron chi connectivity index (χ2n) is 4.43. The molecule has 1 unspecified atom stereocenters. The zero-order valence-corrected chi connectivity index (χ0v) is 9.20. The van der Waals surface area contributed by atoms with Crippen molar-refractivity contribution >= 4 is 6.16 Å². The number of halogens is 2. The van der Waals surface area contributed by atoms with Crippen LogP contribution in [0.4, 0.5) is 13.7 Å². The fourth-order valence-corrected chi connectivity index (χ4v) is 1.57. The summed E-state index contributed by atoms with van der Waals surface area (Å²) in [5, 5.41) is 8.52. The van der Waals surface area contributed by atoms with Gasteiger partial charge in [0.2, 0.25) is 0 Å². The summed E-state index contributed by atoms with van der Waals surface area (Å²) in [6.07, 6.45) is 1.28. The number of ether oxygens (including phenoxy) is 1. The molecule has 1 rings (SSSR count). The Kier molecular flexibility index (Phi) is 2.94. The quantitative estimate of drug-likeness (QED) is 0.558. The summed E-state index contributed by atoms with van der Waals surface area (Å²) in [5.74, 6) is -0.993. The summed E-state index contributed by atoms with van der Waals surface area (Å²) in [4.78, 5) is 10.6. The van der Waals surface area contributed by atoms with Crippen LogP contribution in [0.1, 0.15) is 20.8 Å². The highest BCUT2D eigenvalue weighted by molar-refractivity contribution is 5.58. The van der Waals surface area contributed by atoms with Crippen LogP contribution in [0.3, 0.4) is 0 Å². The third kappa shape index (κ3) is 1.75. The molecule has 1 atom stereocenters. The van der Waals surface area contributed by atoms with Crippen LogP contribution in [0.5, 0.6) is 0 Å². The Labute approximate surface area is 91.7 Å². The SMILES string of the molecule is CC(C)(C)C1(OC(=O)O)C(F)=CC=CN1F. The lowest BCUT2D eigenvalue weighted by Crippen LogP contribution is -2.56. The van der Waals surface area contributed by atoms with E-state index in [4.69, 9.17) is 5.11 Å². The first-order valence-corrected chi connectivity index (χ1v) is 4.63. The van der Waals surface area contributed by atoms with E-state index in [1.54, 1.807) is 0 Å². The molecule has 6 heteroatoms. The van der Waals surface area contributed by atoms with Gasteiger partial charge in [0, 0.05) is 11.6 Å². The lowest BCUT2D eigenvalue weighted by molar-refractivity contribution is -0.222. The molecule has 0 bridgehead atoms. The Morgan fingerprint density at radius 1 is 1.56 bits per heavy atom. The highest BCUT2D eigenvalue weighted by atomic mass is 19.2. The molecule has 1 N–H and O–H groups in total. The topological polar surface area (TPSA) is 49.8 Å². The number of allylic oxidation sites excluding steroid dienone is 2. The van der Waals surface area contributed by atoms with Gasteiger partial charge in [0.1, 0.15) is 0 Å². The zero-order chi connectivity index (χ0) is 12.6. The summed E-state index contributed by atoms with van der Waals surface area (Å²) in [7, 11) is 0. The van der Waals surface area contributed by atoms with E-state index in [-0.39, 0.29) is 5.12 Å². The molecule has 16 heavy (non-hydrogen) atoms. The Bertz CT molecular complexity index is 360. The molecule has 0 spiro atoms. The number of hydrogen-bond acceptors (Lipinski definition) is 3. The average molecular weight is 233 g/mol. The predicted molar refractivity (Wildman–Crippen MR) is 52.6 cm³/mol. The summed E-state index contributed by atoms with van der Waals surface area (Å²) < 4.78 is 31.9. The van der Waals surface area contributed by atoms with Crippen LogP contribution < -0.4 is 0 Å². The van der Waals surface area contributed by atoms with Crippen molar-refractivity contribution in [3.8, 4) is 0 Å². The molecular formula is C10H13F2NO3. The molecule has 0 amide bonds. The largest absolute Gasteiger partial charge is 0.508 e. The minimum Gasteiger partial charge on any atom is -0.450 e. The van der Waals surface area contributed by atoms with E-state index in [0.29, 0.717) is 0 Å². The summed E-state index contributed by atoms with van der Waals surface area (Å²) in [5.41, 5.74) is -3.38. The molecular weight excluding hydrogens is 220 g/mol. The maximum atomic E-state index is 13.7. The lowest BCUT2D eigenvalue weighted by atomic mass is 9.80. The number of hydrogen-bond donors (Lipinski definition) is 1. The van der Waals surface area contributed by atoms with E-state index >= 15 is 0 Å². The van der Waals surface area contributed by atoms with Crippen molar-refractivity contribution in [1.29, 1.82) is 0 Å². The van der Waals surface area contributed by atoms with Crippen molar-refractivity contribution in [3.05, 3.63) is 24.2 Å². The molecule has 1 aliphatic heterocycles. The van der Waals surface area contributed by atoms with Crippen molar-refractivity contribution in [2.45, 2.75) is 26.5 Å². The van der Waals surface area contributed by atoms with E-state index in [2.05, 4.69) is 4.74 Å². The summed E-state index contributed by atoms with van der Waals surface area (Å²) >= 11 is 0. The van der Waals surface area contributed by atoms with Crippen molar-refractivity contribution in [2.75, 3.05) is 0 Å². The predicted octanol–water partition coefficient (Wildman–Crippen LogP) is 2.99. The van der Waals surface area contributed by atoms with Gasteiger partial charge in [0.25, 0.3) is 5.72 Å². The maximum Gasteiger partial charge on any atom is 0.508 e.